The van der Waals surface area contributed by atoms with Crippen LogP contribution in [0.5, 0.6) is 11.5 Å². The second-order valence-electron chi connectivity index (χ2n) is 7.05. The molecule has 148 valence electrons. The first-order valence-electron chi connectivity index (χ1n) is 8.85. The van der Waals surface area contributed by atoms with E-state index in [4.69, 9.17) is 9.84 Å². The van der Waals surface area contributed by atoms with E-state index < -0.39 is 34.4 Å². The number of aromatic carboxylic acids is 1. The van der Waals surface area contributed by atoms with E-state index in [-0.39, 0.29) is 24.3 Å². The Bertz CT molecular complexity index is 915. The number of hydrogen-bond acceptors (Lipinski definition) is 6. The number of carbonyl (C=O) groups is 3. The molecule has 0 fully saturated rings. The molecule has 0 bridgehead atoms. The number of phenolic OH excluding ortho intramolecular Hbond substituents is 1. The monoisotopic (exact) mass is 387 g/mol. The zero-order chi connectivity index (χ0) is 20.5. The van der Waals surface area contributed by atoms with Gasteiger partial charge in [-0.25, -0.2) is 4.79 Å². The van der Waals surface area contributed by atoms with E-state index in [9.17, 15) is 24.6 Å². The average molecular weight is 387 g/mol. The van der Waals surface area contributed by atoms with Crippen LogP contribution in [0.25, 0.3) is 0 Å². The highest BCUT2D eigenvalue weighted by molar-refractivity contribution is 6.01. The molecule has 0 spiro atoms. The highest BCUT2D eigenvalue weighted by Gasteiger charge is 2.40. The van der Waals surface area contributed by atoms with Crippen molar-refractivity contribution in [3.05, 3.63) is 41.0 Å². The van der Waals surface area contributed by atoms with Gasteiger partial charge < -0.3 is 25.4 Å². The number of amides is 1. The lowest BCUT2D eigenvalue weighted by Crippen LogP contribution is -2.36. The molecule has 1 aliphatic heterocycles. The first-order valence-corrected chi connectivity index (χ1v) is 8.85. The Labute approximate surface area is 161 Å². The molecule has 1 aromatic rings. The lowest BCUT2D eigenvalue weighted by molar-refractivity contribution is -0.123. The topological polar surface area (TPSA) is 133 Å². The largest absolute Gasteiger partial charge is 0.506 e. The Hall–Kier alpha value is -3.13. The molecular weight excluding hydrogens is 366 g/mol. The lowest BCUT2D eigenvalue weighted by atomic mass is 9.69. The third kappa shape index (κ3) is 3.50. The van der Waals surface area contributed by atoms with Crippen LogP contribution in [0.2, 0.25) is 0 Å². The van der Waals surface area contributed by atoms with Crippen LogP contribution in [0, 0.1) is 5.41 Å². The van der Waals surface area contributed by atoms with Crippen molar-refractivity contribution in [1.29, 1.82) is 0 Å². The molecule has 1 aliphatic carbocycles. The minimum Gasteiger partial charge on any atom is -0.506 e. The van der Waals surface area contributed by atoms with Crippen molar-refractivity contribution >= 4 is 23.3 Å². The van der Waals surface area contributed by atoms with Crippen molar-refractivity contribution in [2.75, 3.05) is 18.5 Å². The van der Waals surface area contributed by atoms with Crippen LogP contribution in [-0.2, 0) is 14.3 Å². The van der Waals surface area contributed by atoms with Gasteiger partial charge in [0, 0.05) is 6.42 Å². The molecule has 1 aromatic carbocycles. The summed E-state index contributed by atoms with van der Waals surface area (Å²) in [5.41, 5.74) is 0.248. The fourth-order valence-corrected chi connectivity index (χ4v) is 3.52. The second-order valence-corrected chi connectivity index (χ2v) is 7.05. The number of allylic oxidation sites excluding steroid dienone is 2. The van der Waals surface area contributed by atoms with Gasteiger partial charge in [-0.05, 0) is 49.1 Å². The molecule has 0 saturated carbocycles. The molecule has 0 radical (unpaired) electrons. The molecule has 0 saturated heterocycles. The van der Waals surface area contributed by atoms with Gasteiger partial charge in [0.25, 0.3) is 0 Å². The lowest BCUT2D eigenvalue weighted by Gasteiger charge is -2.36. The first kappa shape index (κ1) is 19.6. The number of ketones is 1. The van der Waals surface area contributed by atoms with Crippen molar-refractivity contribution in [2.45, 2.75) is 26.2 Å². The summed E-state index contributed by atoms with van der Waals surface area (Å²) in [6.07, 6.45) is 4.18. The number of phenols is 2. The Morgan fingerprint density at radius 3 is 2.71 bits per heavy atom. The number of anilines is 1. The number of ether oxygens (including phenoxy) is 1. The van der Waals surface area contributed by atoms with E-state index in [1.165, 1.54) is 6.08 Å². The normalized spacial score (nSPS) is 21.4. The SMILES string of the molecule is CC1(CCC(=O)Nc2c(O)ccc(C(=O)O)c2O)C(=O)C=CC2=C1COCC2. The van der Waals surface area contributed by atoms with E-state index >= 15 is 0 Å². The minimum absolute atomic E-state index is 0.0664. The van der Waals surface area contributed by atoms with E-state index in [0.717, 1.165) is 23.3 Å². The Morgan fingerprint density at radius 1 is 1.25 bits per heavy atom. The summed E-state index contributed by atoms with van der Waals surface area (Å²) in [6.45, 7) is 2.70. The fraction of sp³-hybridized carbons (Fsp3) is 0.350. The molecule has 0 aromatic heterocycles. The van der Waals surface area contributed by atoms with Crippen molar-refractivity contribution in [3.8, 4) is 11.5 Å². The molecule has 1 heterocycles. The summed E-state index contributed by atoms with van der Waals surface area (Å²) in [6, 6.07) is 2.11. The fourth-order valence-electron chi connectivity index (χ4n) is 3.52. The van der Waals surface area contributed by atoms with Gasteiger partial charge in [0.05, 0.1) is 18.6 Å². The van der Waals surface area contributed by atoms with Crippen LogP contribution in [0.1, 0.15) is 36.5 Å². The van der Waals surface area contributed by atoms with E-state index in [2.05, 4.69) is 5.32 Å². The van der Waals surface area contributed by atoms with E-state index in [1.54, 1.807) is 13.0 Å². The standard InChI is InChI=1S/C20H21NO7/c1-20(13-10-28-9-7-11(13)2-5-15(20)23)8-6-16(24)21-17-14(22)4-3-12(18(17)25)19(26)27/h2-5,22,25H,6-10H2,1H3,(H,21,24)(H,26,27). The number of rotatable bonds is 5. The molecule has 1 atom stereocenters. The number of hydrogen-bond donors (Lipinski definition) is 4. The molecule has 8 heteroatoms. The van der Waals surface area contributed by atoms with Gasteiger partial charge in [0.2, 0.25) is 5.91 Å². The van der Waals surface area contributed by atoms with Gasteiger partial charge in [0.1, 0.15) is 17.0 Å². The van der Waals surface area contributed by atoms with Crippen molar-refractivity contribution in [2.24, 2.45) is 5.41 Å². The van der Waals surface area contributed by atoms with Crippen molar-refractivity contribution in [1.82, 2.24) is 0 Å². The number of carboxylic acids is 1. The third-order valence-corrected chi connectivity index (χ3v) is 5.30. The third-order valence-electron chi connectivity index (χ3n) is 5.30. The van der Waals surface area contributed by atoms with Gasteiger partial charge in [-0.15, -0.1) is 0 Å². The zero-order valence-electron chi connectivity index (χ0n) is 15.3. The maximum atomic E-state index is 12.5. The van der Waals surface area contributed by atoms with Gasteiger partial charge >= 0.3 is 5.97 Å². The predicted molar refractivity (Wildman–Crippen MR) is 99.3 cm³/mol. The molecule has 2 aliphatic rings. The Kier molecular flexibility index (Phi) is 5.24. The van der Waals surface area contributed by atoms with Gasteiger partial charge in [-0.1, -0.05) is 6.08 Å². The number of nitrogens with one attached hydrogen (secondary N) is 1. The van der Waals surface area contributed by atoms with E-state index in [1.807, 2.05) is 0 Å². The predicted octanol–water partition coefficient (Wildman–Crippen LogP) is 2.38. The van der Waals surface area contributed by atoms with Crippen molar-refractivity contribution < 1.29 is 34.4 Å². The number of carbonyl (C=O) groups excluding carboxylic acids is 2. The van der Waals surface area contributed by atoms with E-state index in [0.29, 0.717) is 19.6 Å². The zero-order valence-corrected chi connectivity index (χ0v) is 15.3. The molecule has 28 heavy (non-hydrogen) atoms. The summed E-state index contributed by atoms with van der Waals surface area (Å²) < 4.78 is 5.49. The molecule has 1 unspecified atom stereocenters. The highest BCUT2D eigenvalue weighted by atomic mass is 16.5. The van der Waals surface area contributed by atoms with Crippen LogP contribution in [0.15, 0.2) is 35.4 Å². The Morgan fingerprint density at radius 2 is 2.00 bits per heavy atom. The minimum atomic E-state index is -1.39. The van der Waals surface area contributed by atoms with Crippen LogP contribution < -0.4 is 5.32 Å². The summed E-state index contributed by atoms with van der Waals surface area (Å²) in [5, 5.41) is 31.3. The molecular formula is C20H21NO7. The maximum Gasteiger partial charge on any atom is 0.339 e. The number of aromatic hydroxyl groups is 2. The second kappa shape index (κ2) is 7.47. The smallest absolute Gasteiger partial charge is 0.339 e. The molecule has 8 nitrogen and oxygen atoms in total. The molecule has 4 N–H and O–H groups in total. The Balaban J connectivity index is 1.75. The summed E-state index contributed by atoms with van der Waals surface area (Å²) in [5.74, 6) is -3.24. The maximum absolute atomic E-state index is 12.5. The summed E-state index contributed by atoms with van der Waals surface area (Å²) >= 11 is 0. The van der Waals surface area contributed by atoms with Crippen molar-refractivity contribution in [3.63, 3.8) is 0 Å². The van der Waals surface area contributed by atoms with Crippen LogP contribution >= 0.6 is 0 Å². The summed E-state index contributed by atoms with van der Waals surface area (Å²) in [4.78, 5) is 36.0. The van der Waals surface area contributed by atoms with Gasteiger partial charge in [-0.2, -0.15) is 0 Å². The average Bonchev–Trinajstić information content (AvgIpc) is 2.66. The quantitative estimate of drug-likeness (QED) is 0.570. The number of benzene rings is 1. The van der Waals surface area contributed by atoms with Crippen LogP contribution in [0.3, 0.4) is 0 Å². The van der Waals surface area contributed by atoms with Gasteiger partial charge in [0.15, 0.2) is 11.5 Å². The van der Waals surface area contributed by atoms with Crippen LogP contribution in [-0.4, -0.2) is 46.2 Å². The highest BCUT2D eigenvalue weighted by Crippen LogP contribution is 2.42. The summed E-state index contributed by atoms with van der Waals surface area (Å²) in [7, 11) is 0. The van der Waals surface area contributed by atoms with Gasteiger partial charge in [-0.3, -0.25) is 9.59 Å². The molecule has 3 rings (SSSR count). The van der Waals surface area contributed by atoms with Crippen LogP contribution in [0.4, 0.5) is 5.69 Å². The molecule has 1 amide bonds. The number of carboxylic acid groups (broad SMARTS) is 1. The first-order chi connectivity index (χ1) is 13.2.